The second-order valence-corrected chi connectivity index (χ2v) is 6.28. The van der Waals surface area contributed by atoms with Gasteiger partial charge in [-0.2, -0.15) is 0 Å². The van der Waals surface area contributed by atoms with Crippen LogP contribution in [0.5, 0.6) is 0 Å². The first-order valence-electron chi connectivity index (χ1n) is 6.88. The van der Waals surface area contributed by atoms with Gasteiger partial charge in [0.25, 0.3) is 0 Å². The smallest absolute Gasteiger partial charge is 0.222 e. The molecule has 1 N–H and O–H groups in total. The lowest BCUT2D eigenvalue weighted by molar-refractivity contribution is -0.128. The number of carbonyl (C=O) groups excluding carboxylic acids is 1. The van der Waals surface area contributed by atoms with E-state index in [1.807, 2.05) is 4.90 Å². The Morgan fingerprint density at radius 2 is 2.17 bits per heavy atom. The highest BCUT2D eigenvalue weighted by molar-refractivity contribution is 5.78. The molecule has 1 heterocycles. The van der Waals surface area contributed by atoms with Crippen molar-refractivity contribution < 1.29 is 9.53 Å². The number of carbonyl (C=O) groups is 1. The number of nitrogens with zero attached hydrogens (tertiary/aromatic N) is 1. The van der Waals surface area contributed by atoms with Crippen LogP contribution in [0.4, 0.5) is 0 Å². The van der Waals surface area contributed by atoms with E-state index in [9.17, 15) is 4.79 Å². The van der Waals surface area contributed by atoms with E-state index in [0.717, 1.165) is 19.6 Å². The lowest BCUT2D eigenvalue weighted by atomic mass is 9.80. The Morgan fingerprint density at radius 1 is 1.50 bits per heavy atom. The predicted octanol–water partition coefficient (Wildman–Crippen LogP) is 1.51. The van der Waals surface area contributed by atoms with E-state index >= 15 is 0 Å². The highest BCUT2D eigenvalue weighted by Crippen LogP contribution is 2.34. The van der Waals surface area contributed by atoms with Crippen molar-refractivity contribution in [1.29, 1.82) is 0 Å². The molecule has 4 heteroatoms. The van der Waals surface area contributed by atoms with Gasteiger partial charge in [0, 0.05) is 32.7 Å². The molecule has 0 aliphatic carbocycles. The fraction of sp³-hybridized carbons (Fsp3) is 0.929. The molecule has 1 aliphatic rings. The van der Waals surface area contributed by atoms with Gasteiger partial charge in [0.05, 0.1) is 6.61 Å². The van der Waals surface area contributed by atoms with Crippen molar-refractivity contribution in [3.63, 3.8) is 0 Å². The second kappa shape index (κ2) is 6.53. The van der Waals surface area contributed by atoms with Crippen molar-refractivity contribution in [2.75, 3.05) is 33.4 Å². The standard InChI is InChI=1S/C14H28N2O2/c1-6-15-12(10-18-5)9-16-8-11(7-13(16)17)14(2,3)4/h11-12,15H,6-10H2,1-5H3. The summed E-state index contributed by atoms with van der Waals surface area (Å²) in [6, 6.07) is 0.239. The molecule has 0 bridgehead atoms. The van der Waals surface area contributed by atoms with Crippen LogP contribution >= 0.6 is 0 Å². The molecule has 1 saturated heterocycles. The van der Waals surface area contributed by atoms with Crippen LogP contribution in [0.1, 0.15) is 34.1 Å². The van der Waals surface area contributed by atoms with E-state index < -0.39 is 0 Å². The average molecular weight is 256 g/mol. The quantitative estimate of drug-likeness (QED) is 0.783. The first-order chi connectivity index (χ1) is 8.38. The van der Waals surface area contributed by atoms with Crippen LogP contribution in [0, 0.1) is 11.3 Å². The minimum Gasteiger partial charge on any atom is -0.383 e. The van der Waals surface area contributed by atoms with Crippen molar-refractivity contribution >= 4 is 5.91 Å². The largest absolute Gasteiger partial charge is 0.383 e. The first kappa shape index (κ1) is 15.4. The molecule has 1 amide bonds. The maximum absolute atomic E-state index is 12.0. The molecule has 0 spiro atoms. The van der Waals surface area contributed by atoms with Gasteiger partial charge in [-0.25, -0.2) is 0 Å². The molecule has 1 aliphatic heterocycles. The number of amides is 1. The molecule has 4 nitrogen and oxygen atoms in total. The summed E-state index contributed by atoms with van der Waals surface area (Å²) in [5, 5.41) is 3.37. The predicted molar refractivity (Wildman–Crippen MR) is 73.5 cm³/mol. The molecular weight excluding hydrogens is 228 g/mol. The summed E-state index contributed by atoms with van der Waals surface area (Å²) in [4.78, 5) is 14.0. The summed E-state index contributed by atoms with van der Waals surface area (Å²) in [6.07, 6.45) is 0.690. The van der Waals surface area contributed by atoms with Crippen LogP contribution in [0.25, 0.3) is 0 Å². The van der Waals surface area contributed by atoms with E-state index in [4.69, 9.17) is 4.74 Å². The van der Waals surface area contributed by atoms with Gasteiger partial charge in [-0.15, -0.1) is 0 Å². The zero-order chi connectivity index (χ0) is 13.8. The molecule has 0 saturated carbocycles. The van der Waals surface area contributed by atoms with Gasteiger partial charge in [-0.05, 0) is 17.9 Å². The van der Waals surface area contributed by atoms with Crippen LogP contribution in [-0.4, -0.2) is 50.2 Å². The highest BCUT2D eigenvalue weighted by Gasteiger charge is 2.37. The second-order valence-electron chi connectivity index (χ2n) is 6.28. The van der Waals surface area contributed by atoms with Crippen molar-refractivity contribution in [2.45, 2.75) is 40.2 Å². The third-order valence-corrected chi connectivity index (χ3v) is 3.74. The SMILES string of the molecule is CCNC(COC)CN1CC(C(C)(C)C)CC1=O. The molecule has 0 aromatic rings. The number of likely N-dealkylation sites (tertiary alicyclic amines) is 1. The minimum atomic E-state index is 0.208. The molecule has 18 heavy (non-hydrogen) atoms. The fourth-order valence-corrected chi connectivity index (χ4v) is 2.46. The molecule has 106 valence electrons. The summed E-state index contributed by atoms with van der Waals surface area (Å²) >= 11 is 0. The van der Waals surface area contributed by atoms with E-state index in [2.05, 4.69) is 33.0 Å². The van der Waals surface area contributed by atoms with Crippen molar-refractivity contribution in [3.05, 3.63) is 0 Å². The number of hydrogen-bond donors (Lipinski definition) is 1. The molecule has 0 aromatic heterocycles. The van der Waals surface area contributed by atoms with Gasteiger partial charge in [0.2, 0.25) is 5.91 Å². The van der Waals surface area contributed by atoms with E-state index in [1.54, 1.807) is 7.11 Å². The Morgan fingerprint density at radius 3 is 2.61 bits per heavy atom. The van der Waals surface area contributed by atoms with Crippen LogP contribution < -0.4 is 5.32 Å². The van der Waals surface area contributed by atoms with E-state index in [1.165, 1.54) is 0 Å². The first-order valence-corrected chi connectivity index (χ1v) is 6.88. The Kier molecular flexibility index (Phi) is 5.60. The van der Waals surface area contributed by atoms with Gasteiger partial charge >= 0.3 is 0 Å². The van der Waals surface area contributed by atoms with Crippen LogP contribution in [-0.2, 0) is 9.53 Å². The molecule has 2 atom stereocenters. The summed E-state index contributed by atoms with van der Waals surface area (Å²) < 4.78 is 5.20. The van der Waals surface area contributed by atoms with Crippen LogP contribution in [0.3, 0.4) is 0 Å². The number of rotatable bonds is 6. The Balaban J connectivity index is 2.54. The number of nitrogens with one attached hydrogen (secondary N) is 1. The Bertz CT molecular complexity index is 267. The van der Waals surface area contributed by atoms with Crippen molar-refractivity contribution in [1.82, 2.24) is 10.2 Å². The summed E-state index contributed by atoms with van der Waals surface area (Å²) in [5.74, 6) is 0.753. The van der Waals surface area contributed by atoms with Gasteiger partial charge in [-0.3, -0.25) is 4.79 Å². The summed E-state index contributed by atoms with van der Waals surface area (Å²) in [6.45, 7) is 11.9. The fourth-order valence-electron chi connectivity index (χ4n) is 2.46. The minimum absolute atomic E-state index is 0.208. The molecule has 1 rings (SSSR count). The van der Waals surface area contributed by atoms with Crippen LogP contribution in [0.2, 0.25) is 0 Å². The van der Waals surface area contributed by atoms with Gasteiger partial charge in [0.1, 0.15) is 0 Å². The van der Waals surface area contributed by atoms with Crippen LogP contribution in [0.15, 0.2) is 0 Å². The normalized spacial score (nSPS) is 22.6. The zero-order valence-corrected chi connectivity index (χ0v) is 12.5. The van der Waals surface area contributed by atoms with Gasteiger partial charge in [-0.1, -0.05) is 27.7 Å². The Labute approximate surface area is 111 Å². The van der Waals surface area contributed by atoms with Crippen molar-refractivity contribution in [3.8, 4) is 0 Å². The van der Waals surface area contributed by atoms with Gasteiger partial charge < -0.3 is 15.0 Å². The molecule has 1 fully saturated rings. The maximum atomic E-state index is 12.0. The third-order valence-electron chi connectivity index (χ3n) is 3.74. The van der Waals surface area contributed by atoms with Crippen molar-refractivity contribution in [2.24, 2.45) is 11.3 Å². The number of likely N-dealkylation sites (N-methyl/N-ethyl adjacent to an activating group) is 1. The lowest BCUT2D eigenvalue weighted by Crippen LogP contribution is -2.44. The monoisotopic (exact) mass is 256 g/mol. The van der Waals surface area contributed by atoms with E-state index in [-0.39, 0.29) is 17.4 Å². The maximum Gasteiger partial charge on any atom is 0.222 e. The number of ether oxygens (including phenoxy) is 1. The molecular formula is C14H28N2O2. The average Bonchev–Trinajstić information content (AvgIpc) is 2.61. The molecule has 0 radical (unpaired) electrons. The topological polar surface area (TPSA) is 41.6 Å². The third kappa shape index (κ3) is 4.25. The Hall–Kier alpha value is -0.610. The summed E-state index contributed by atoms with van der Waals surface area (Å²) in [5.41, 5.74) is 0.208. The summed E-state index contributed by atoms with van der Waals surface area (Å²) in [7, 11) is 1.70. The number of methoxy groups -OCH3 is 1. The molecule has 0 aromatic carbocycles. The van der Waals surface area contributed by atoms with Gasteiger partial charge in [0.15, 0.2) is 0 Å². The zero-order valence-electron chi connectivity index (χ0n) is 12.5. The number of hydrogen-bond acceptors (Lipinski definition) is 3. The van der Waals surface area contributed by atoms with E-state index in [0.29, 0.717) is 18.9 Å². The lowest BCUT2D eigenvalue weighted by Gasteiger charge is -2.28. The molecule has 2 unspecified atom stereocenters. The highest BCUT2D eigenvalue weighted by atomic mass is 16.5.